The maximum atomic E-state index is 13.1. The Bertz CT molecular complexity index is 1430. The Labute approximate surface area is 236 Å². The molecule has 0 aliphatic heterocycles. The number of aromatic nitrogens is 3. The van der Waals surface area contributed by atoms with E-state index in [0.29, 0.717) is 5.75 Å². The summed E-state index contributed by atoms with van der Waals surface area (Å²) in [6, 6.07) is 9.17. The van der Waals surface area contributed by atoms with Crippen LogP contribution in [-0.2, 0) is 24.5 Å². The number of anilines is 1. The van der Waals surface area contributed by atoms with E-state index in [4.69, 9.17) is 24.3 Å². The number of para-hydroxylation sites is 1. The summed E-state index contributed by atoms with van der Waals surface area (Å²) >= 11 is 0. The second-order valence-electron chi connectivity index (χ2n) is 9.05. The van der Waals surface area contributed by atoms with E-state index >= 15 is 0 Å². The number of halogens is 1. The van der Waals surface area contributed by atoms with Gasteiger partial charge in [0.1, 0.15) is 24.0 Å². The molecule has 0 saturated carbocycles. The zero-order chi connectivity index (χ0) is 30.2. The van der Waals surface area contributed by atoms with Crippen molar-refractivity contribution in [3.05, 3.63) is 52.9 Å². The first-order chi connectivity index (χ1) is 19.5. The fraction of sp³-hybridized carbons (Fsp3) is 0.423. The number of hydrogen-bond donors (Lipinski definition) is 5. The molecule has 1 aromatic carbocycles. The highest BCUT2D eigenvalue weighted by molar-refractivity contribution is 7.45. The van der Waals surface area contributed by atoms with Gasteiger partial charge < -0.3 is 34.5 Å². The number of H-pyrrole nitrogens is 1. The fourth-order valence-corrected chi connectivity index (χ4v) is 4.85. The van der Waals surface area contributed by atoms with Gasteiger partial charge in [0.25, 0.3) is 5.56 Å². The highest BCUT2D eigenvalue weighted by atomic mass is 31.2. The van der Waals surface area contributed by atoms with Crippen molar-refractivity contribution in [2.45, 2.75) is 50.8 Å². The van der Waals surface area contributed by atoms with E-state index in [2.05, 4.69) is 26.9 Å². The largest absolute Gasteiger partial charge is 0.462 e. The van der Waals surface area contributed by atoms with Crippen LogP contribution in [0, 0.1) is 11.8 Å². The highest BCUT2D eigenvalue weighted by Crippen LogP contribution is 2.37. The van der Waals surface area contributed by atoms with Crippen molar-refractivity contribution in [2.24, 2.45) is 0 Å². The van der Waals surface area contributed by atoms with Crippen molar-refractivity contribution in [3.8, 4) is 17.6 Å². The number of alkyl halides is 1. The number of esters is 1. The number of rotatable bonds is 13. The van der Waals surface area contributed by atoms with E-state index in [9.17, 15) is 24.2 Å². The molecule has 6 N–H and O–H groups in total. The Morgan fingerprint density at radius 3 is 2.63 bits per heavy atom. The lowest BCUT2D eigenvalue weighted by Crippen LogP contribution is -2.52. The average molecular weight is 594 g/mol. The Kier molecular flexibility index (Phi) is 11.2. The predicted molar refractivity (Wildman–Crippen MR) is 149 cm³/mol. The first-order valence-corrected chi connectivity index (χ1v) is 13.7. The summed E-state index contributed by atoms with van der Waals surface area (Å²) in [5.41, 5.74) is 2.45. The number of nitrogens with zero attached hydrogens (tertiary/aromatic N) is 2. The van der Waals surface area contributed by atoms with Crippen molar-refractivity contribution >= 4 is 31.5 Å². The number of nitrogen functional groups attached to an aromatic ring is 1. The molecule has 5 unspecified atom stereocenters. The molecule has 3 rings (SSSR count). The van der Waals surface area contributed by atoms with Gasteiger partial charge in [-0.3, -0.25) is 19.1 Å². The zero-order valence-corrected chi connectivity index (χ0v) is 23.8. The predicted octanol–water partition coefficient (Wildman–Crippen LogP) is 1.55. The van der Waals surface area contributed by atoms with Crippen LogP contribution in [-0.4, -0.2) is 75.5 Å². The van der Waals surface area contributed by atoms with Gasteiger partial charge in [-0.2, -0.15) is 4.98 Å². The quantitative estimate of drug-likeness (QED) is 0.110. The number of ether oxygens (including phenoxy) is 2. The van der Waals surface area contributed by atoms with Crippen molar-refractivity contribution in [1.82, 2.24) is 19.6 Å². The Balaban J connectivity index is 1.89. The van der Waals surface area contributed by atoms with Crippen LogP contribution in [0.5, 0.6) is 5.75 Å². The third kappa shape index (κ3) is 8.01. The molecule has 15 heteroatoms. The molecule has 0 fully saturated rings. The van der Waals surface area contributed by atoms with E-state index in [1.807, 2.05) is 0 Å². The smallest absolute Gasteiger partial charge is 0.323 e. The van der Waals surface area contributed by atoms with Gasteiger partial charge >= 0.3 is 14.5 Å². The van der Waals surface area contributed by atoms with Crippen LogP contribution in [0.3, 0.4) is 0 Å². The lowest BCUT2D eigenvalue weighted by Gasteiger charge is -2.34. The van der Waals surface area contributed by atoms with Crippen LogP contribution in [0.15, 0.2) is 47.4 Å². The molecular formula is C26H33FN5O8P. The summed E-state index contributed by atoms with van der Waals surface area (Å²) in [6.45, 7) is 3.49. The summed E-state index contributed by atoms with van der Waals surface area (Å²) in [6.07, 6.45) is -2.24. The van der Waals surface area contributed by atoms with Gasteiger partial charge in [-0.05, 0) is 44.9 Å². The van der Waals surface area contributed by atoms with E-state index in [1.54, 1.807) is 51.1 Å². The van der Waals surface area contributed by atoms with Gasteiger partial charge in [0.15, 0.2) is 12.3 Å². The minimum Gasteiger partial charge on any atom is -0.462 e. The van der Waals surface area contributed by atoms with Gasteiger partial charge in [-0.15, -0.1) is 0 Å². The van der Waals surface area contributed by atoms with Crippen molar-refractivity contribution < 1.29 is 37.9 Å². The number of methoxy groups -OCH3 is 1. The Hall–Kier alpha value is -3.57. The number of aliphatic hydroxyl groups excluding tert-OH is 1. The maximum Gasteiger partial charge on any atom is 0.323 e. The first kappa shape index (κ1) is 32.0. The third-order valence-corrected chi connectivity index (χ3v) is 7.00. The molecule has 0 saturated heterocycles. The van der Waals surface area contributed by atoms with Gasteiger partial charge in [-0.1, -0.05) is 24.1 Å². The van der Waals surface area contributed by atoms with Crippen LogP contribution < -0.4 is 20.9 Å². The lowest BCUT2D eigenvalue weighted by atomic mass is 10.0. The minimum atomic E-state index is -2.53. The zero-order valence-electron chi connectivity index (χ0n) is 22.9. The number of carbonyl (C=O) groups excluding carboxylic acids is 1. The van der Waals surface area contributed by atoms with Crippen LogP contribution in [0.2, 0.25) is 0 Å². The minimum absolute atomic E-state index is 0.0448. The number of nitrogens with two attached hydrogens (primary N) is 1. The number of carbonyl (C=O) groups is 1. The number of hydrogen-bond acceptors (Lipinski definition) is 11. The summed E-state index contributed by atoms with van der Waals surface area (Å²) in [5, 5.41) is 25.9. The van der Waals surface area contributed by atoms with E-state index < -0.39 is 50.7 Å². The summed E-state index contributed by atoms with van der Waals surface area (Å²) in [4.78, 5) is 31.1. The van der Waals surface area contributed by atoms with Gasteiger partial charge in [0.05, 0.1) is 18.1 Å². The number of aliphatic hydroxyl groups is 2. The molecule has 0 aliphatic rings. The van der Waals surface area contributed by atoms with Crippen LogP contribution in [0.4, 0.5) is 10.3 Å². The standard InChI is InChI=1S/C26H33FN5O8P/c1-16(2)39-24(35)17(3)31-41(40-18-9-6-5-7-10-18)38-15-20(37-4)21(33)26(36,12-8-13-27)32-14-11-19-22(32)29-25(28)30-23(19)34/h5-7,9-11,14,16-17,20-21,31,33,36H,13,15H2,1-4H3,(H3,28,29,30,34). The van der Waals surface area contributed by atoms with Crippen molar-refractivity contribution in [2.75, 3.05) is 26.1 Å². The molecule has 2 aromatic heterocycles. The molecule has 5 atom stereocenters. The molecule has 3 aromatic rings. The first-order valence-electron chi connectivity index (χ1n) is 12.5. The topological polar surface area (TPSA) is 183 Å². The number of benzene rings is 1. The Morgan fingerprint density at radius 2 is 2.00 bits per heavy atom. The summed E-state index contributed by atoms with van der Waals surface area (Å²) < 4.78 is 36.5. The molecule has 0 amide bonds. The molecular weight excluding hydrogens is 560 g/mol. The van der Waals surface area contributed by atoms with Crippen LogP contribution in [0.1, 0.15) is 20.8 Å². The molecule has 0 aliphatic carbocycles. The van der Waals surface area contributed by atoms with Crippen molar-refractivity contribution in [1.29, 1.82) is 0 Å². The molecule has 2 heterocycles. The second-order valence-corrected chi connectivity index (χ2v) is 10.3. The van der Waals surface area contributed by atoms with E-state index in [0.717, 1.165) is 4.57 Å². The second kappa shape index (κ2) is 14.4. The summed E-state index contributed by atoms with van der Waals surface area (Å²) in [5.74, 6) is 4.06. The number of nitrogens with one attached hydrogen (secondary N) is 2. The van der Waals surface area contributed by atoms with E-state index in [-0.39, 0.29) is 29.7 Å². The molecule has 0 bridgehead atoms. The van der Waals surface area contributed by atoms with E-state index in [1.165, 1.54) is 19.4 Å². The van der Waals surface area contributed by atoms with Gasteiger partial charge in [-0.25, -0.2) is 9.48 Å². The summed E-state index contributed by atoms with van der Waals surface area (Å²) in [7, 11) is -0.771. The molecule has 0 spiro atoms. The molecule has 0 radical (unpaired) electrons. The van der Waals surface area contributed by atoms with Crippen LogP contribution >= 0.6 is 8.53 Å². The molecule has 13 nitrogen and oxygen atoms in total. The SMILES string of the molecule is COC(COP(NC(C)C(=O)OC(C)C)Oc1ccccc1)C(O)C(O)(C#CCF)n1ccc2c(=O)[nH]c(N)nc21. The van der Waals surface area contributed by atoms with Crippen molar-refractivity contribution in [3.63, 3.8) is 0 Å². The van der Waals surface area contributed by atoms with Crippen LogP contribution in [0.25, 0.3) is 11.0 Å². The number of fused-ring (bicyclic) bond motifs is 1. The Morgan fingerprint density at radius 1 is 1.29 bits per heavy atom. The van der Waals surface area contributed by atoms with Gasteiger partial charge in [0, 0.05) is 13.3 Å². The fourth-order valence-electron chi connectivity index (χ4n) is 3.66. The number of aromatic amines is 1. The average Bonchev–Trinajstić information content (AvgIpc) is 3.36. The molecule has 41 heavy (non-hydrogen) atoms. The lowest BCUT2D eigenvalue weighted by molar-refractivity contribution is -0.151. The normalized spacial score (nSPS) is 15.8. The molecule has 222 valence electrons. The monoisotopic (exact) mass is 593 g/mol. The van der Waals surface area contributed by atoms with Gasteiger partial charge in [0.2, 0.25) is 11.7 Å². The third-order valence-electron chi connectivity index (χ3n) is 5.64. The highest BCUT2D eigenvalue weighted by Gasteiger charge is 2.43. The maximum absolute atomic E-state index is 13.1.